The monoisotopic (exact) mass is 1220 g/mol. The van der Waals surface area contributed by atoms with Crippen molar-refractivity contribution >= 4 is 132 Å². The van der Waals surface area contributed by atoms with Crippen LogP contribution in [0.5, 0.6) is 0 Å². The third-order valence-electron chi connectivity index (χ3n) is 19.8. The molecule has 0 saturated carbocycles. The minimum atomic E-state index is 0.897. The van der Waals surface area contributed by atoms with Gasteiger partial charge in [-0.2, -0.15) is 0 Å². The van der Waals surface area contributed by atoms with Crippen LogP contribution in [0.25, 0.3) is 148 Å². The van der Waals surface area contributed by atoms with Gasteiger partial charge in [0.05, 0.1) is 16.7 Å². The second-order valence-corrected chi connectivity index (χ2v) is 25.1. The van der Waals surface area contributed by atoms with Gasteiger partial charge in [-0.25, -0.2) is 0 Å². The Bertz CT molecular complexity index is 6210. The molecule has 0 aliphatic carbocycles. The Kier molecular flexibility index (Phi) is 12.9. The number of aromatic nitrogens is 1. The van der Waals surface area contributed by atoms with Crippen molar-refractivity contribution in [2.75, 3.05) is 9.80 Å². The summed E-state index contributed by atoms with van der Waals surface area (Å²) in [6.07, 6.45) is 0. The maximum atomic E-state index is 6.49. The Hall–Kier alpha value is -12.8. The number of benzene rings is 17. The number of rotatable bonds is 11. The predicted octanol–water partition coefficient (Wildman–Crippen LogP) is 26.1. The zero-order valence-electron chi connectivity index (χ0n) is 52.3. The molecule has 4 heteroatoms. The lowest BCUT2D eigenvalue weighted by Crippen LogP contribution is -2.10. The van der Waals surface area contributed by atoms with E-state index in [1.165, 1.54) is 76.1 Å². The Morgan fingerprint density at radius 3 is 1.39 bits per heavy atom. The van der Waals surface area contributed by atoms with Crippen molar-refractivity contribution in [2.24, 2.45) is 0 Å². The van der Waals surface area contributed by atoms with E-state index in [1.807, 2.05) is 12.1 Å². The maximum Gasteiger partial charge on any atom is 0.143 e. The second-order valence-electron chi connectivity index (χ2n) is 25.1. The molecule has 0 atom stereocenters. The van der Waals surface area contributed by atoms with E-state index in [-0.39, 0.29) is 0 Å². The molecule has 0 radical (unpaired) electrons. The van der Waals surface area contributed by atoms with Crippen LogP contribution in [0.2, 0.25) is 0 Å². The first kappa shape index (κ1) is 54.9. The van der Waals surface area contributed by atoms with E-state index in [9.17, 15) is 0 Å². The molecule has 448 valence electrons. The van der Waals surface area contributed by atoms with Gasteiger partial charge in [0, 0.05) is 66.6 Å². The Morgan fingerprint density at radius 1 is 0.219 bits per heavy atom. The normalized spacial score (nSPS) is 11.8. The number of anilines is 6. The molecule has 0 aliphatic heterocycles. The molecule has 4 nitrogen and oxygen atoms in total. The highest BCUT2D eigenvalue weighted by molar-refractivity contribution is 6.26. The van der Waals surface area contributed by atoms with Gasteiger partial charge in [0.25, 0.3) is 0 Å². The minimum Gasteiger partial charge on any atom is -0.455 e. The third kappa shape index (κ3) is 9.06. The molecule has 2 aromatic heterocycles. The van der Waals surface area contributed by atoms with Crippen molar-refractivity contribution in [1.82, 2.24) is 4.57 Å². The van der Waals surface area contributed by atoms with Crippen LogP contribution in [0.15, 0.2) is 362 Å². The SMILES string of the molecule is c1ccc(-c2ccc(N(c3ccc(-c4cccc5ccccc45)cc3)c3ccc4c(c3)c3cc(-c5ccc(N(c6ccccc6)c6ccc(-c7cccc8c7oc7ccccc78)cc6)cc5)ccc3n4-c3ccc4c5ccccc5c5ccccc5c4c3)c3ccccc23)cc1. The van der Waals surface area contributed by atoms with Crippen LogP contribution in [-0.2, 0) is 0 Å². The van der Waals surface area contributed by atoms with Crippen molar-refractivity contribution in [1.29, 1.82) is 0 Å². The van der Waals surface area contributed by atoms with Gasteiger partial charge in [0.1, 0.15) is 11.2 Å². The van der Waals surface area contributed by atoms with E-state index < -0.39 is 0 Å². The lowest BCUT2D eigenvalue weighted by Gasteiger charge is -2.28. The van der Waals surface area contributed by atoms with E-state index >= 15 is 0 Å². The molecule has 0 amide bonds. The number of nitrogens with zero attached hydrogens (tertiary/aromatic N) is 3. The molecular formula is C92H59N3O. The number of hydrogen-bond acceptors (Lipinski definition) is 3. The van der Waals surface area contributed by atoms with Crippen molar-refractivity contribution < 1.29 is 4.42 Å². The smallest absolute Gasteiger partial charge is 0.143 e. The minimum absolute atomic E-state index is 0.897. The standard InChI is InChI=1S/C92H59N3O/c1-3-19-61(20-4-1)74-53-56-88(82-31-14-13-26-76(74)82)94(69-48-39-63(40-49-69)73-33-17-22-62-21-7-8-25-72(62)73)70-51-55-90-87(59-70)86-57-65(43-54-89(86)95(90)71-50-52-81-79-29-10-9-27-77(79)78-28-11-12-30-80(78)85(81)58-71)60-37-44-67(45-38-60)93(66-23-5-2-6-24-66)68-46-41-64(42-47-68)75-34-18-35-84-83-32-15-16-36-91(83)96-92(75)84/h1-59H. The zero-order chi connectivity index (χ0) is 63.2. The van der Waals surface area contributed by atoms with E-state index in [0.29, 0.717) is 0 Å². The van der Waals surface area contributed by atoms with Gasteiger partial charge in [0.2, 0.25) is 0 Å². The summed E-state index contributed by atoms with van der Waals surface area (Å²) < 4.78 is 8.98. The first-order valence-electron chi connectivity index (χ1n) is 33.0. The average Bonchev–Trinajstić information content (AvgIpc) is 1.47. The zero-order valence-corrected chi connectivity index (χ0v) is 52.3. The fraction of sp³-hybridized carbons (Fsp3) is 0. The summed E-state index contributed by atoms with van der Waals surface area (Å²) in [6.45, 7) is 0. The van der Waals surface area contributed by atoms with Crippen molar-refractivity contribution in [3.05, 3.63) is 358 Å². The van der Waals surface area contributed by atoms with E-state index in [2.05, 4.69) is 360 Å². The molecule has 0 bridgehead atoms. The van der Waals surface area contributed by atoms with Gasteiger partial charge >= 0.3 is 0 Å². The van der Waals surface area contributed by atoms with Crippen LogP contribution in [0.1, 0.15) is 0 Å². The molecule has 2 heterocycles. The number of fused-ring (bicyclic) bond motifs is 14. The van der Waals surface area contributed by atoms with Crippen LogP contribution in [0.4, 0.5) is 34.1 Å². The van der Waals surface area contributed by atoms with Gasteiger partial charge in [-0.3, -0.25) is 0 Å². The van der Waals surface area contributed by atoms with Crippen LogP contribution >= 0.6 is 0 Å². The summed E-state index contributed by atoms with van der Waals surface area (Å²) in [5.41, 5.74) is 20.8. The fourth-order valence-corrected chi connectivity index (χ4v) is 15.3. The van der Waals surface area contributed by atoms with Crippen molar-refractivity contribution in [3.8, 4) is 50.2 Å². The molecule has 0 spiro atoms. The van der Waals surface area contributed by atoms with E-state index in [4.69, 9.17) is 4.42 Å². The Labute approximate surface area is 555 Å². The first-order valence-corrected chi connectivity index (χ1v) is 33.0. The van der Waals surface area contributed by atoms with Gasteiger partial charge in [-0.15, -0.1) is 0 Å². The molecule has 0 saturated heterocycles. The largest absolute Gasteiger partial charge is 0.455 e. The maximum absolute atomic E-state index is 6.49. The first-order chi connectivity index (χ1) is 47.6. The van der Waals surface area contributed by atoms with E-state index in [1.54, 1.807) is 0 Å². The molecule has 96 heavy (non-hydrogen) atoms. The molecule has 19 aromatic rings. The van der Waals surface area contributed by atoms with Gasteiger partial charge in [-0.1, -0.05) is 255 Å². The van der Waals surface area contributed by atoms with Crippen LogP contribution in [0, 0.1) is 0 Å². The summed E-state index contributed by atoms with van der Waals surface area (Å²) >= 11 is 0. The molecule has 19 rings (SSSR count). The van der Waals surface area contributed by atoms with Gasteiger partial charge in [0.15, 0.2) is 0 Å². The number of furan rings is 1. The third-order valence-corrected chi connectivity index (χ3v) is 19.8. The van der Waals surface area contributed by atoms with Crippen molar-refractivity contribution in [2.45, 2.75) is 0 Å². The fourth-order valence-electron chi connectivity index (χ4n) is 15.3. The molecule has 0 N–H and O–H groups in total. The molecular weight excluding hydrogens is 1160 g/mol. The van der Waals surface area contributed by atoms with Crippen LogP contribution in [-0.4, -0.2) is 4.57 Å². The highest BCUT2D eigenvalue weighted by Crippen LogP contribution is 2.47. The second kappa shape index (κ2) is 22.5. The number of hydrogen-bond donors (Lipinski definition) is 0. The molecule has 17 aromatic carbocycles. The summed E-state index contributed by atoms with van der Waals surface area (Å²) in [5.74, 6) is 0. The molecule has 0 fully saturated rings. The van der Waals surface area contributed by atoms with Crippen molar-refractivity contribution in [3.63, 3.8) is 0 Å². The highest BCUT2D eigenvalue weighted by atomic mass is 16.3. The average molecular weight is 1220 g/mol. The number of para-hydroxylation sites is 3. The molecule has 0 aliphatic rings. The topological polar surface area (TPSA) is 24.6 Å². The summed E-state index contributed by atoms with van der Waals surface area (Å²) in [5, 5.41) is 16.9. The summed E-state index contributed by atoms with van der Waals surface area (Å²) in [4.78, 5) is 4.81. The predicted molar refractivity (Wildman–Crippen MR) is 407 cm³/mol. The Morgan fingerprint density at radius 2 is 0.677 bits per heavy atom. The molecule has 0 unspecified atom stereocenters. The summed E-state index contributed by atoms with van der Waals surface area (Å²) in [7, 11) is 0. The van der Waals surface area contributed by atoms with Crippen LogP contribution in [0.3, 0.4) is 0 Å². The van der Waals surface area contributed by atoms with Crippen LogP contribution < -0.4 is 9.80 Å². The van der Waals surface area contributed by atoms with E-state index in [0.717, 1.165) is 106 Å². The lowest BCUT2D eigenvalue weighted by molar-refractivity contribution is 0.670. The van der Waals surface area contributed by atoms with Gasteiger partial charge < -0.3 is 18.8 Å². The summed E-state index contributed by atoms with van der Waals surface area (Å²) in [6, 6.07) is 131. The highest BCUT2D eigenvalue weighted by Gasteiger charge is 2.23. The Balaban J connectivity index is 0.776. The van der Waals surface area contributed by atoms with Gasteiger partial charge in [-0.05, 0) is 191 Å². The lowest BCUT2D eigenvalue weighted by atomic mass is 9.94. The quantitative estimate of drug-likeness (QED) is 0.121.